The molecule has 6 nitrogen and oxygen atoms in total. The van der Waals surface area contributed by atoms with Crippen molar-refractivity contribution in [3.05, 3.63) is 0 Å². The standard InChI is InChI=1S/C14H25NO5/c1-5-19-12(17)11(9-7-6-8-10(9)16)15-13(18)20-14(2,3)4/h9-11,16H,5-8H2,1-4H3,(H,15,18)/t9-,10?,11-/m0/s1. The molecule has 1 saturated carbocycles. The predicted octanol–water partition coefficient (Wildman–Crippen LogP) is 1.60. The zero-order valence-corrected chi connectivity index (χ0v) is 12.6. The molecule has 1 unspecified atom stereocenters. The van der Waals surface area contributed by atoms with E-state index in [4.69, 9.17) is 9.47 Å². The molecule has 0 aromatic carbocycles. The van der Waals surface area contributed by atoms with Crippen LogP contribution in [0.3, 0.4) is 0 Å². The first-order valence-electron chi connectivity index (χ1n) is 7.09. The van der Waals surface area contributed by atoms with E-state index in [0.717, 1.165) is 6.42 Å². The molecule has 6 heteroatoms. The molecule has 0 radical (unpaired) electrons. The minimum absolute atomic E-state index is 0.230. The van der Waals surface area contributed by atoms with Gasteiger partial charge in [-0.1, -0.05) is 6.42 Å². The second kappa shape index (κ2) is 6.92. The highest BCUT2D eigenvalue weighted by Crippen LogP contribution is 2.29. The van der Waals surface area contributed by atoms with Gasteiger partial charge in [0.25, 0.3) is 0 Å². The molecule has 3 atom stereocenters. The van der Waals surface area contributed by atoms with Gasteiger partial charge in [-0.25, -0.2) is 9.59 Å². The molecule has 1 fully saturated rings. The van der Waals surface area contributed by atoms with Crippen molar-refractivity contribution in [1.29, 1.82) is 0 Å². The molecule has 20 heavy (non-hydrogen) atoms. The molecule has 0 heterocycles. The zero-order chi connectivity index (χ0) is 15.3. The minimum Gasteiger partial charge on any atom is -0.464 e. The van der Waals surface area contributed by atoms with Crippen molar-refractivity contribution in [3.8, 4) is 0 Å². The number of ether oxygens (including phenoxy) is 2. The van der Waals surface area contributed by atoms with Gasteiger partial charge in [-0.3, -0.25) is 0 Å². The van der Waals surface area contributed by atoms with Crippen molar-refractivity contribution < 1.29 is 24.2 Å². The maximum atomic E-state index is 12.0. The Labute approximate surface area is 119 Å². The molecule has 1 aliphatic rings. The number of alkyl carbamates (subject to hydrolysis) is 1. The van der Waals surface area contributed by atoms with E-state index in [1.54, 1.807) is 27.7 Å². The number of carbonyl (C=O) groups excluding carboxylic acids is 2. The van der Waals surface area contributed by atoms with Gasteiger partial charge in [0.15, 0.2) is 0 Å². The molecule has 116 valence electrons. The second-order valence-electron chi connectivity index (χ2n) is 6.04. The summed E-state index contributed by atoms with van der Waals surface area (Å²) in [5, 5.41) is 12.5. The summed E-state index contributed by atoms with van der Waals surface area (Å²) >= 11 is 0. The number of hydrogen-bond donors (Lipinski definition) is 2. The largest absolute Gasteiger partial charge is 0.464 e. The third-order valence-electron chi connectivity index (χ3n) is 3.17. The summed E-state index contributed by atoms with van der Waals surface area (Å²) in [5.41, 5.74) is -0.641. The summed E-state index contributed by atoms with van der Waals surface area (Å²) in [7, 11) is 0. The van der Waals surface area contributed by atoms with Crippen LogP contribution in [0.4, 0.5) is 4.79 Å². The number of nitrogens with one attached hydrogen (secondary N) is 1. The summed E-state index contributed by atoms with van der Waals surface area (Å²) in [4.78, 5) is 23.8. The van der Waals surface area contributed by atoms with Crippen LogP contribution in [-0.4, -0.2) is 41.5 Å². The van der Waals surface area contributed by atoms with Crippen LogP contribution in [0.15, 0.2) is 0 Å². The van der Waals surface area contributed by atoms with Crippen molar-refractivity contribution in [3.63, 3.8) is 0 Å². The predicted molar refractivity (Wildman–Crippen MR) is 73.1 cm³/mol. The van der Waals surface area contributed by atoms with Crippen LogP contribution in [0.5, 0.6) is 0 Å². The third kappa shape index (κ3) is 5.00. The van der Waals surface area contributed by atoms with E-state index in [1.165, 1.54) is 0 Å². The molecule has 1 amide bonds. The fourth-order valence-corrected chi connectivity index (χ4v) is 2.37. The Bertz CT molecular complexity index is 350. The summed E-state index contributed by atoms with van der Waals surface area (Å²) in [6, 6.07) is -0.859. The van der Waals surface area contributed by atoms with E-state index in [0.29, 0.717) is 12.8 Å². The van der Waals surface area contributed by atoms with Gasteiger partial charge in [-0.05, 0) is 40.5 Å². The van der Waals surface area contributed by atoms with Crippen molar-refractivity contribution in [1.82, 2.24) is 5.32 Å². The van der Waals surface area contributed by atoms with E-state index < -0.39 is 29.8 Å². The van der Waals surface area contributed by atoms with Crippen molar-refractivity contribution >= 4 is 12.1 Å². The maximum absolute atomic E-state index is 12.0. The van der Waals surface area contributed by atoms with E-state index in [2.05, 4.69) is 5.32 Å². The highest BCUT2D eigenvalue weighted by atomic mass is 16.6. The van der Waals surface area contributed by atoms with Crippen molar-refractivity contribution in [2.45, 2.75) is 64.7 Å². The molecule has 1 aliphatic carbocycles. The smallest absolute Gasteiger partial charge is 0.408 e. The van der Waals surface area contributed by atoms with Crippen LogP contribution in [0, 0.1) is 5.92 Å². The Balaban J connectivity index is 2.72. The Kier molecular flexibility index (Phi) is 5.80. The topological polar surface area (TPSA) is 84.9 Å². The molecular weight excluding hydrogens is 262 g/mol. The Morgan fingerprint density at radius 2 is 2.00 bits per heavy atom. The molecular formula is C14H25NO5. The molecule has 0 aromatic rings. The quantitative estimate of drug-likeness (QED) is 0.767. The summed E-state index contributed by atoms with van der Waals surface area (Å²) in [5.74, 6) is -0.842. The average Bonchev–Trinajstić information content (AvgIpc) is 2.70. The number of esters is 1. The Morgan fingerprint density at radius 1 is 1.35 bits per heavy atom. The van der Waals surface area contributed by atoms with E-state index in [-0.39, 0.29) is 12.5 Å². The van der Waals surface area contributed by atoms with Crippen LogP contribution < -0.4 is 5.32 Å². The monoisotopic (exact) mass is 287 g/mol. The lowest BCUT2D eigenvalue weighted by atomic mass is 9.96. The van der Waals surface area contributed by atoms with Gasteiger partial charge in [0.2, 0.25) is 0 Å². The number of rotatable bonds is 4. The normalized spacial score (nSPS) is 24.1. The zero-order valence-electron chi connectivity index (χ0n) is 12.6. The lowest BCUT2D eigenvalue weighted by molar-refractivity contribution is -0.148. The number of amides is 1. The van der Waals surface area contributed by atoms with Crippen LogP contribution in [0.2, 0.25) is 0 Å². The molecule has 1 rings (SSSR count). The third-order valence-corrected chi connectivity index (χ3v) is 3.17. The first kappa shape index (κ1) is 16.8. The van der Waals surface area contributed by atoms with Crippen LogP contribution in [-0.2, 0) is 14.3 Å². The fourth-order valence-electron chi connectivity index (χ4n) is 2.37. The fraction of sp³-hybridized carbons (Fsp3) is 0.857. The van der Waals surface area contributed by atoms with E-state index >= 15 is 0 Å². The number of carbonyl (C=O) groups is 2. The van der Waals surface area contributed by atoms with Gasteiger partial charge in [0.1, 0.15) is 11.6 Å². The van der Waals surface area contributed by atoms with Gasteiger partial charge in [0.05, 0.1) is 12.7 Å². The van der Waals surface area contributed by atoms with Gasteiger partial charge >= 0.3 is 12.1 Å². The summed E-state index contributed by atoms with van der Waals surface area (Å²) < 4.78 is 10.1. The van der Waals surface area contributed by atoms with Gasteiger partial charge in [-0.2, -0.15) is 0 Å². The van der Waals surface area contributed by atoms with E-state index in [9.17, 15) is 14.7 Å². The number of aliphatic hydroxyl groups is 1. The van der Waals surface area contributed by atoms with Gasteiger partial charge in [0, 0.05) is 5.92 Å². The van der Waals surface area contributed by atoms with Crippen molar-refractivity contribution in [2.24, 2.45) is 5.92 Å². The van der Waals surface area contributed by atoms with E-state index in [1.807, 2.05) is 0 Å². The summed E-state index contributed by atoms with van der Waals surface area (Å²) in [6.45, 7) is 7.17. The summed E-state index contributed by atoms with van der Waals surface area (Å²) in [6.07, 6.45) is 0.878. The molecule has 0 spiro atoms. The maximum Gasteiger partial charge on any atom is 0.408 e. The highest BCUT2D eigenvalue weighted by molar-refractivity contribution is 5.82. The second-order valence-corrected chi connectivity index (χ2v) is 6.04. The Morgan fingerprint density at radius 3 is 2.45 bits per heavy atom. The minimum atomic E-state index is -0.859. The van der Waals surface area contributed by atoms with Crippen molar-refractivity contribution in [2.75, 3.05) is 6.61 Å². The lowest BCUT2D eigenvalue weighted by Crippen LogP contribution is -2.50. The van der Waals surface area contributed by atoms with Gasteiger partial charge in [-0.15, -0.1) is 0 Å². The number of aliphatic hydroxyl groups excluding tert-OH is 1. The highest BCUT2D eigenvalue weighted by Gasteiger charge is 2.39. The molecule has 0 aromatic heterocycles. The molecule has 0 bridgehead atoms. The lowest BCUT2D eigenvalue weighted by Gasteiger charge is -2.27. The van der Waals surface area contributed by atoms with Crippen LogP contribution >= 0.6 is 0 Å². The molecule has 2 N–H and O–H groups in total. The first-order valence-corrected chi connectivity index (χ1v) is 7.09. The van der Waals surface area contributed by atoms with Crippen LogP contribution in [0.25, 0.3) is 0 Å². The first-order chi connectivity index (χ1) is 9.24. The number of hydrogen-bond acceptors (Lipinski definition) is 5. The SMILES string of the molecule is CCOC(=O)[C@@H](NC(=O)OC(C)(C)C)[C@H]1CCCC1O. The average molecular weight is 287 g/mol. The Hall–Kier alpha value is -1.30. The molecule has 0 aliphatic heterocycles. The molecule has 0 saturated heterocycles. The van der Waals surface area contributed by atoms with Crippen LogP contribution in [0.1, 0.15) is 47.0 Å². The van der Waals surface area contributed by atoms with Gasteiger partial charge < -0.3 is 19.9 Å².